The summed E-state index contributed by atoms with van der Waals surface area (Å²) in [5, 5.41) is 2.98. The molecule has 0 radical (unpaired) electrons. The van der Waals surface area contributed by atoms with Gasteiger partial charge in [-0.15, -0.1) is 0 Å². The van der Waals surface area contributed by atoms with Crippen molar-refractivity contribution in [2.45, 2.75) is 6.54 Å². The fourth-order valence-corrected chi connectivity index (χ4v) is 3.95. The first-order chi connectivity index (χ1) is 15.4. The first-order valence-corrected chi connectivity index (χ1v) is 10.3. The molecule has 0 atom stereocenters. The minimum absolute atomic E-state index is 0.0461. The lowest BCUT2D eigenvalue weighted by atomic mass is 9.83. The quantitative estimate of drug-likeness (QED) is 0.443. The van der Waals surface area contributed by atoms with Gasteiger partial charge in [-0.1, -0.05) is 59.6 Å². The molecule has 0 aliphatic heterocycles. The van der Waals surface area contributed by atoms with E-state index in [1.807, 2.05) is 0 Å². The second kappa shape index (κ2) is 8.94. The highest BCUT2D eigenvalue weighted by Gasteiger charge is 2.33. The topological polar surface area (TPSA) is 89.5 Å². The van der Waals surface area contributed by atoms with E-state index in [1.54, 1.807) is 42.5 Å². The molecule has 0 aromatic heterocycles. The summed E-state index contributed by atoms with van der Waals surface area (Å²) in [5.74, 6) is -2.20. The molecular weight excluding hydrogens is 453 g/mol. The lowest BCUT2D eigenvalue weighted by Crippen LogP contribution is -2.28. The fourth-order valence-electron chi connectivity index (χ4n) is 3.41. The van der Waals surface area contributed by atoms with E-state index in [2.05, 4.69) is 5.32 Å². The number of esters is 1. The summed E-state index contributed by atoms with van der Waals surface area (Å²) in [6.07, 6.45) is 0. The first kappa shape index (κ1) is 21.7. The van der Waals surface area contributed by atoms with Gasteiger partial charge in [0.15, 0.2) is 18.2 Å². The van der Waals surface area contributed by atoms with Crippen LogP contribution in [0.2, 0.25) is 10.0 Å². The lowest BCUT2D eigenvalue weighted by Gasteiger charge is -2.19. The summed E-state index contributed by atoms with van der Waals surface area (Å²) in [7, 11) is 0. The van der Waals surface area contributed by atoms with Crippen LogP contribution in [-0.4, -0.2) is 30.0 Å². The Balaban J connectivity index is 1.46. The average Bonchev–Trinajstić information content (AvgIpc) is 2.79. The Hall–Kier alpha value is -3.48. The molecule has 3 aromatic carbocycles. The SMILES string of the molecule is O=C(COC(=O)c1ccc2c(c1Cl)C(=O)c1ccccc1C2=O)NCc1cccc(Cl)c1. The Morgan fingerprint density at radius 1 is 0.844 bits per heavy atom. The van der Waals surface area contributed by atoms with E-state index >= 15 is 0 Å². The van der Waals surface area contributed by atoms with Gasteiger partial charge in [0.2, 0.25) is 0 Å². The number of ketones is 2. The molecule has 0 fully saturated rings. The highest BCUT2D eigenvalue weighted by molar-refractivity contribution is 6.41. The van der Waals surface area contributed by atoms with Crippen LogP contribution in [0.15, 0.2) is 60.7 Å². The van der Waals surface area contributed by atoms with E-state index in [0.29, 0.717) is 5.02 Å². The Bertz CT molecular complexity index is 1290. The van der Waals surface area contributed by atoms with Gasteiger partial charge in [0.05, 0.1) is 16.1 Å². The van der Waals surface area contributed by atoms with Crippen LogP contribution < -0.4 is 5.32 Å². The van der Waals surface area contributed by atoms with Gasteiger partial charge < -0.3 is 10.1 Å². The third-order valence-corrected chi connectivity index (χ3v) is 5.59. The van der Waals surface area contributed by atoms with Gasteiger partial charge in [0, 0.05) is 28.3 Å². The van der Waals surface area contributed by atoms with Crippen molar-refractivity contribution in [3.63, 3.8) is 0 Å². The minimum atomic E-state index is -0.880. The van der Waals surface area contributed by atoms with Gasteiger partial charge in [-0.05, 0) is 29.8 Å². The number of benzene rings is 3. The summed E-state index contributed by atoms with van der Waals surface area (Å²) in [4.78, 5) is 50.2. The molecular formula is C24H15Cl2NO5. The van der Waals surface area contributed by atoms with E-state index in [-0.39, 0.29) is 45.2 Å². The molecule has 0 saturated carbocycles. The van der Waals surface area contributed by atoms with Crippen molar-refractivity contribution in [1.29, 1.82) is 0 Å². The predicted molar refractivity (Wildman–Crippen MR) is 118 cm³/mol. The maximum absolute atomic E-state index is 12.9. The van der Waals surface area contributed by atoms with E-state index < -0.39 is 24.3 Å². The van der Waals surface area contributed by atoms with Crippen molar-refractivity contribution >= 4 is 46.6 Å². The normalized spacial score (nSPS) is 12.1. The molecule has 1 N–H and O–H groups in total. The van der Waals surface area contributed by atoms with Crippen LogP contribution >= 0.6 is 23.2 Å². The predicted octanol–water partition coefficient (Wildman–Crippen LogP) is 4.24. The standard InChI is InChI=1S/C24H15Cl2NO5/c25-14-5-3-4-13(10-14)11-27-19(28)12-32-24(31)18-9-8-17-20(21(18)26)23(30)16-7-2-1-6-15(16)22(17)29/h1-10H,11-12H2,(H,27,28). The van der Waals surface area contributed by atoms with Crippen molar-refractivity contribution in [2.24, 2.45) is 0 Å². The molecule has 3 aromatic rings. The maximum atomic E-state index is 12.9. The zero-order chi connectivity index (χ0) is 22.8. The number of ether oxygens (including phenoxy) is 1. The van der Waals surface area contributed by atoms with Crippen molar-refractivity contribution in [2.75, 3.05) is 6.61 Å². The lowest BCUT2D eigenvalue weighted by molar-refractivity contribution is -0.124. The van der Waals surface area contributed by atoms with Crippen molar-refractivity contribution in [1.82, 2.24) is 5.32 Å². The second-order valence-electron chi connectivity index (χ2n) is 7.04. The Kier molecular flexibility index (Phi) is 6.08. The summed E-state index contributed by atoms with van der Waals surface area (Å²) in [5.41, 5.74) is 1.27. The minimum Gasteiger partial charge on any atom is -0.452 e. The van der Waals surface area contributed by atoms with Crippen molar-refractivity contribution in [3.8, 4) is 0 Å². The van der Waals surface area contributed by atoms with Crippen molar-refractivity contribution < 1.29 is 23.9 Å². The number of nitrogens with one attached hydrogen (secondary N) is 1. The third kappa shape index (κ3) is 4.15. The Labute approximate surface area is 193 Å². The van der Waals surface area contributed by atoms with E-state index in [1.165, 1.54) is 18.2 Å². The number of hydrogen-bond acceptors (Lipinski definition) is 5. The molecule has 32 heavy (non-hydrogen) atoms. The molecule has 0 spiro atoms. The molecule has 1 aliphatic carbocycles. The van der Waals surface area contributed by atoms with Gasteiger partial charge in [0.1, 0.15) is 0 Å². The summed E-state index contributed by atoms with van der Waals surface area (Å²) >= 11 is 12.2. The summed E-state index contributed by atoms with van der Waals surface area (Å²) in [6.45, 7) is -0.324. The molecule has 4 rings (SSSR count). The van der Waals surface area contributed by atoms with Crippen molar-refractivity contribution in [3.05, 3.63) is 104 Å². The summed E-state index contributed by atoms with van der Waals surface area (Å²) < 4.78 is 5.05. The van der Waals surface area contributed by atoms with Crippen LogP contribution in [0.4, 0.5) is 0 Å². The van der Waals surface area contributed by atoms with Gasteiger partial charge in [-0.25, -0.2) is 4.79 Å². The molecule has 0 saturated heterocycles. The molecule has 1 amide bonds. The largest absolute Gasteiger partial charge is 0.452 e. The van der Waals surface area contributed by atoms with Crippen LogP contribution in [0.5, 0.6) is 0 Å². The Morgan fingerprint density at radius 2 is 1.56 bits per heavy atom. The monoisotopic (exact) mass is 467 g/mol. The maximum Gasteiger partial charge on any atom is 0.340 e. The third-order valence-electron chi connectivity index (χ3n) is 4.96. The molecule has 8 heteroatoms. The summed E-state index contributed by atoms with van der Waals surface area (Å²) in [6, 6.07) is 16.1. The average molecular weight is 468 g/mol. The zero-order valence-corrected chi connectivity index (χ0v) is 18.0. The highest BCUT2D eigenvalue weighted by atomic mass is 35.5. The number of rotatable bonds is 5. The zero-order valence-electron chi connectivity index (χ0n) is 16.5. The molecule has 160 valence electrons. The fraction of sp³-hybridized carbons (Fsp3) is 0.0833. The highest BCUT2D eigenvalue weighted by Crippen LogP contribution is 2.34. The molecule has 0 bridgehead atoms. The van der Waals surface area contributed by atoms with Crippen LogP contribution in [-0.2, 0) is 16.1 Å². The Morgan fingerprint density at radius 3 is 2.28 bits per heavy atom. The number of fused-ring (bicyclic) bond motifs is 2. The van der Waals surface area contributed by atoms with Crippen LogP contribution in [0.25, 0.3) is 0 Å². The van der Waals surface area contributed by atoms with Crippen LogP contribution in [0, 0.1) is 0 Å². The van der Waals surface area contributed by atoms with E-state index in [0.717, 1.165) is 5.56 Å². The van der Waals surface area contributed by atoms with Gasteiger partial charge in [0.25, 0.3) is 5.91 Å². The van der Waals surface area contributed by atoms with Gasteiger partial charge in [-0.3, -0.25) is 14.4 Å². The number of carbonyl (C=O) groups excluding carboxylic acids is 4. The first-order valence-electron chi connectivity index (χ1n) is 9.56. The molecule has 1 aliphatic rings. The smallest absolute Gasteiger partial charge is 0.340 e. The number of halogens is 2. The number of carbonyl (C=O) groups is 4. The molecule has 0 heterocycles. The second-order valence-corrected chi connectivity index (χ2v) is 7.85. The van der Waals surface area contributed by atoms with E-state index in [4.69, 9.17) is 27.9 Å². The van der Waals surface area contributed by atoms with Gasteiger partial charge >= 0.3 is 5.97 Å². The van der Waals surface area contributed by atoms with Gasteiger partial charge in [-0.2, -0.15) is 0 Å². The van der Waals surface area contributed by atoms with Crippen LogP contribution in [0.3, 0.4) is 0 Å². The molecule has 6 nitrogen and oxygen atoms in total. The van der Waals surface area contributed by atoms with E-state index in [9.17, 15) is 19.2 Å². The number of amides is 1. The van der Waals surface area contributed by atoms with Crippen LogP contribution in [0.1, 0.15) is 47.8 Å². The number of hydrogen-bond donors (Lipinski definition) is 1. The molecule has 0 unspecified atom stereocenters.